The van der Waals surface area contributed by atoms with Crippen molar-refractivity contribution in [2.75, 3.05) is 19.6 Å². The average Bonchev–Trinajstić information content (AvgIpc) is 2.45. The molecule has 0 radical (unpaired) electrons. The van der Waals surface area contributed by atoms with Crippen LogP contribution < -0.4 is 5.32 Å². The van der Waals surface area contributed by atoms with Crippen LogP contribution in [0.1, 0.15) is 16.1 Å². The molecule has 2 N–H and O–H groups in total. The largest absolute Gasteiger partial charge is 0.480 e. The normalized spacial score (nSPS) is 19.4. The van der Waals surface area contributed by atoms with Crippen LogP contribution in [0.15, 0.2) is 18.3 Å². The summed E-state index contributed by atoms with van der Waals surface area (Å²) >= 11 is 0. The molecule has 0 aliphatic carbocycles. The van der Waals surface area contributed by atoms with Crippen molar-refractivity contribution < 1.29 is 27.9 Å². The highest BCUT2D eigenvalue weighted by Crippen LogP contribution is 2.28. The number of hydrogen-bond donors (Lipinski definition) is 2. The molecule has 0 spiro atoms. The first-order valence-electron chi connectivity index (χ1n) is 6.08. The van der Waals surface area contributed by atoms with Gasteiger partial charge in [0.1, 0.15) is 11.7 Å². The molecule has 1 fully saturated rings. The van der Waals surface area contributed by atoms with Gasteiger partial charge in [-0.05, 0) is 12.1 Å². The number of nitrogens with one attached hydrogen (secondary N) is 1. The fourth-order valence-electron chi connectivity index (χ4n) is 2.00. The van der Waals surface area contributed by atoms with Crippen LogP contribution >= 0.6 is 0 Å². The number of carboxylic acids is 1. The van der Waals surface area contributed by atoms with Crippen molar-refractivity contribution in [3.05, 3.63) is 29.6 Å². The Hall–Kier alpha value is -2.16. The summed E-state index contributed by atoms with van der Waals surface area (Å²) in [7, 11) is 0. The monoisotopic (exact) mass is 303 g/mol. The molecule has 1 atom stereocenters. The van der Waals surface area contributed by atoms with Crippen LogP contribution in [0, 0.1) is 0 Å². The Morgan fingerprint density at radius 1 is 1.38 bits per heavy atom. The van der Waals surface area contributed by atoms with Gasteiger partial charge in [0.2, 0.25) is 0 Å². The summed E-state index contributed by atoms with van der Waals surface area (Å²) in [6, 6.07) is 0.639. The number of carbonyl (C=O) groups is 2. The number of amides is 1. The molecule has 2 rings (SSSR count). The van der Waals surface area contributed by atoms with Crippen LogP contribution in [0.2, 0.25) is 0 Å². The van der Waals surface area contributed by atoms with Crippen LogP contribution in [0.3, 0.4) is 0 Å². The molecule has 1 aromatic rings. The summed E-state index contributed by atoms with van der Waals surface area (Å²) in [6.07, 6.45) is -3.97. The van der Waals surface area contributed by atoms with Crippen molar-refractivity contribution >= 4 is 11.9 Å². The number of halogens is 3. The lowest BCUT2D eigenvalue weighted by Gasteiger charge is -2.33. The van der Waals surface area contributed by atoms with Gasteiger partial charge in [0.15, 0.2) is 0 Å². The SMILES string of the molecule is O=C(O)C1CNCCN1C(=O)c1ccc(C(F)(F)F)cn1. The molecule has 0 aromatic carbocycles. The van der Waals surface area contributed by atoms with Crippen molar-refractivity contribution in [2.45, 2.75) is 12.2 Å². The summed E-state index contributed by atoms with van der Waals surface area (Å²) in [4.78, 5) is 27.8. The van der Waals surface area contributed by atoms with E-state index in [9.17, 15) is 22.8 Å². The minimum atomic E-state index is -4.53. The Morgan fingerprint density at radius 3 is 2.62 bits per heavy atom. The number of nitrogens with zero attached hydrogens (tertiary/aromatic N) is 2. The quantitative estimate of drug-likeness (QED) is 0.836. The maximum Gasteiger partial charge on any atom is 0.417 e. The van der Waals surface area contributed by atoms with Gasteiger partial charge in [-0.2, -0.15) is 13.2 Å². The van der Waals surface area contributed by atoms with Crippen molar-refractivity contribution in [3.63, 3.8) is 0 Å². The maximum atomic E-state index is 12.4. The van der Waals surface area contributed by atoms with Gasteiger partial charge in [-0.3, -0.25) is 9.78 Å². The van der Waals surface area contributed by atoms with Gasteiger partial charge in [0.25, 0.3) is 5.91 Å². The molecule has 1 saturated heterocycles. The van der Waals surface area contributed by atoms with Gasteiger partial charge in [0, 0.05) is 25.8 Å². The minimum absolute atomic E-state index is 0.0850. The molecule has 1 aliphatic rings. The van der Waals surface area contributed by atoms with Gasteiger partial charge in [0.05, 0.1) is 5.56 Å². The van der Waals surface area contributed by atoms with Crippen LogP contribution in [0.5, 0.6) is 0 Å². The zero-order valence-corrected chi connectivity index (χ0v) is 10.7. The standard InChI is InChI=1S/C12H12F3N3O3/c13-12(14,15)7-1-2-8(17-5-7)10(19)18-4-3-16-6-9(18)11(20)21/h1-2,5,9,16H,3-4,6H2,(H,20,21). The first-order chi connectivity index (χ1) is 9.80. The number of pyridine rings is 1. The highest BCUT2D eigenvalue weighted by atomic mass is 19.4. The van der Waals surface area contributed by atoms with E-state index in [-0.39, 0.29) is 18.8 Å². The van der Waals surface area contributed by atoms with Gasteiger partial charge in [-0.15, -0.1) is 0 Å². The number of piperazine rings is 1. The Morgan fingerprint density at radius 2 is 2.10 bits per heavy atom. The van der Waals surface area contributed by atoms with Gasteiger partial charge in [-0.1, -0.05) is 0 Å². The van der Waals surface area contributed by atoms with Crippen molar-refractivity contribution in [1.29, 1.82) is 0 Å². The summed E-state index contributed by atoms with van der Waals surface area (Å²) < 4.78 is 37.3. The van der Waals surface area contributed by atoms with Crippen molar-refractivity contribution in [3.8, 4) is 0 Å². The minimum Gasteiger partial charge on any atom is -0.480 e. The number of hydrogen-bond acceptors (Lipinski definition) is 4. The summed E-state index contributed by atoms with van der Waals surface area (Å²) in [5.74, 6) is -1.87. The molecule has 1 unspecified atom stereocenters. The second kappa shape index (κ2) is 5.68. The molecule has 9 heteroatoms. The molecule has 114 valence electrons. The second-order valence-corrected chi connectivity index (χ2v) is 4.49. The Bertz CT molecular complexity index is 545. The number of rotatable bonds is 2. The molecule has 2 heterocycles. The van der Waals surface area contributed by atoms with Gasteiger partial charge in [-0.25, -0.2) is 4.79 Å². The smallest absolute Gasteiger partial charge is 0.417 e. The van der Waals surface area contributed by atoms with Crippen LogP contribution in [0.25, 0.3) is 0 Å². The van der Waals surface area contributed by atoms with E-state index in [1.54, 1.807) is 0 Å². The lowest BCUT2D eigenvalue weighted by Crippen LogP contribution is -2.57. The van der Waals surface area contributed by atoms with E-state index < -0.39 is 29.7 Å². The summed E-state index contributed by atoms with van der Waals surface area (Å²) in [5.41, 5.74) is -1.18. The third kappa shape index (κ3) is 3.30. The number of alkyl halides is 3. The average molecular weight is 303 g/mol. The highest BCUT2D eigenvalue weighted by molar-refractivity contribution is 5.95. The Kier molecular flexibility index (Phi) is 4.12. The number of carboxylic acid groups (broad SMARTS) is 1. The topological polar surface area (TPSA) is 82.5 Å². The van der Waals surface area contributed by atoms with E-state index in [4.69, 9.17) is 5.11 Å². The number of aliphatic carboxylic acids is 1. The molecule has 1 aliphatic heterocycles. The number of aromatic nitrogens is 1. The first kappa shape index (κ1) is 15.2. The maximum absolute atomic E-state index is 12.4. The molecular formula is C12H12F3N3O3. The van der Waals surface area contributed by atoms with E-state index in [0.29, 0.717) is 12.7 Å². The lowest BCUT2D eigenvalue weighted by molar-refractivity contribution is -0.142. The molecule has 6 nitrogen and oxygen atoms in total. The second-order valence-electron chi connectivity index (χ2n) is 4.49. The van der Waals surface area contributed by atoms with Crippen molar-refractivity contribution in [1.82, 2.24) is 15.2 Å². The molecule has 0 saturated carbocycles. The molecule has 1 amide bonds. The van der Waals surface area contributed by atoms with E-state index in [1.165, 1.54) is 0 Å². The predicted molar refractivity (Wildman–Crippen MR) is 64.6 cm³/mol. The third-order valence-corrected chi connectivity index (χ3v) is 3.10. The van der Waals surface area contributed by atoms with Gasteiger partial charge < -0.3 is 15.3 Å². The van der Waals surface area contributed by atoms with E-state index in [2.05, 4.69) is 10.3 Å². The zero-order valence-electron chi connectivity index (χ0n) is 10.7. The first-order valence-corrected chi connectivity index (χ1v) is 6.08. The molecule has 21 heavy (non-hydrogen) atoms. The molecule has 0 bridgehead atoms. The number of carbonyl (C=O) groups excluding carboxylic acids is 1. The fraction of sp³-hybridized carbons (Fsp3) is 0.417. The summed E-state index contributed by atoms with van der Waals surface area (Å²) in [5, 5.41) is 11.9. The van der Waals surface area contributed by atoms with Crippen LogP contribution in [0.4, 0.5) is 13.2 Å². The van der Waals surface area contributed by atoms with Crippen molar-refractivity contribution in [2.24, 2.45) is 0 Å². The van der Waals surface area contributed by atoms with Gasteiger partial charge >= 0.3 is 12.1 Å². The fourth-order valence-corrected chi connectivity index (χ4v) is 2.00. The summed E-state index contributed by atoms with van der Waals surface area (Å²) in [6.45, 7) is 0.649. The highest BCUT2D eigenvalue weighted by Gasteiger charge is 2.34. The molecular weight excluding hydrogens is 291 g/mol. The lowest BCUT2D eigenvalue weighted by atomic mass is 10.1. The van der Waals surface area contributed by atoms with E-state index >= 15 is 0 Å². The Labute approximate surface area is 117 Å². The van der Waals surface area contributed by atoms with Crippen LogP contribution in [-0.4, -0.2) is 52.5 Å². The zero-order chi connectivity index (χ0) is 15.6. The Balaban J connectivity index is 2.20. The third-order valence-electron chi connectivity index (χ3n) is 3.10. The van der Waals surface area contributed by atoms with E-state index in [1.807, 2.05) is 0 Å². The molecule has 1 aromatic heterocycles. The van der Waals surface area contributed by atoms with E-state index in [0.717, 1.165) is 17.0 Å². The predicted octanol–water partition coefficient (Wildman–Crippen LogP) is 0.599. The van der Waals surface area contributed by atoms with Crippen LogP contribution in [-0.2, 0) is 11.0 Å².